The van der Waals surface area contributed by atoms with Crippen LogP contribution >= 0.6 is 0 Å². The van der Waals surface area contributed by atoms with E-state index in [1.54, 1.807) is 18.4 Å². The Bertz CT molecular complexity index is 706. The number of hydrogen-bond acceptors (Lipinski definition) is 4. The predicted octanol–water partition coefficient (Wildman–Crippen LogP) is 2.72. The van der Waals surface area contributed by atoms with Crippen LogP contribution in [-0.2, 0) is 6.54 Å². The SMILES string of the molecule is CC(C)NC(=O)N1CCN(Cc2coc(-c3ccc(F)cc3)n2)CC1. The molecule has 134 valence electrons. The Labute approximate surface area is 146 Å². The number of aromatic nitrogens is 1. The van der Waals surface area contributed by atoms with Crippen LogP contribution in [-0.4, -0.2) is 53.0 Å². The number of benzene rings is 1. The number of nitrogens with zero attached hydrogens (tertiary/aromatic N) is 3. The summed E-state index contributed by atoms with van der Waals surface area (Å²) >= 11 is 0. The number of carbonyl (C=O) groups excluding carboxylic acids is 1. The Morgan fingerprint density at radius 2 is 1.92 bits per heavy atom. The number of rotatable bonds is 4. The lowest BCUT2D eigenvalue weighted by Crippen LogP contribution is -2.52. The largest absolute Gasteiger partial charge is 0.444 e. The number of nitrogens with one attached hydrogen (secondary N) is 1. The summed E-state index contributed by atoms with van der Waals surface area (Å²) in [4.78, 5) is 20.6. The Balaban J connectivity index is 1.53. The standard InChI is InChI=1S/C18H23FN4O2/c1-13(2)20-18(24)23-9-7-22(8-10-23)11-16-12-25-17(21-16)14-3-5-15(19)6-4-14/h3-6,12-13H,7-11H2,1-2H3,(H,20,24). The van der Waals surface area contributed by atoms with E-state index >= 15 is 0 Å². The van der Waals surface area contributed by atoms with Crippen molar-refractivity contribution in [3.63, 3.8) is 0 Å². The van der Waals surface area contributed by atoms with Crippen LogP contribution in [0.4, 0.5) is 9.18 Å². The highest BCUT2D eigenvalue weighted by Gasteiger charge is 2.22. The van der Waals surface area contributed by atoms with Gasteiger partial charge in [0.05, 0.1) is 5.69 Å². The van der Waals surface area contributed by atoms with E-state index in [9.17, 15) is 9.18 Å². The van der Waals surface area contributed by atoms with E-state index in [0.717, 1.165) is 24.3 Å². The molecule has 1 aromatic heterocycles. The van der Waals surface area contributed by atoms with E-state index < -0.39 is 0 Å². The summed E-state index contributed by atoms with van der Waals surface area (Å²) in [5, 5.41) is 2.92. The highest BCUT2D eigenvalue weighted by molar-refractivity contribution is 5.74. The first kappa shape index (κ1) is 17.4. The molecule has 1 N–H and O–H groups in total. The van der Waals surface area contributed by atoms with Gasteiger partial charge in [-0.15, -0.1) is 0 Å². The number of hydrogen-bond donors (Lipinski definition) is 1. The molecular formula is C18H23FN4O2. The fourth-order valence-corrected chi connectivity index (χ4v) is 2.78. The van der Waals surface area contributed by atoms with Crippen LogP contribution in [0.2, 0.25) is 0 Å². The van der Waals surface area contributed by atoms with E-state index in [0.29, 0.717) is 25.5 Å². The maximum Gasteiger partial charge on any atom is 0.317 e. The van der Waals surface area contributed by atoms with Gasteiger partial charge in [0.2, 0.25) is 5.89 Å². The molecule has 0 spiro atoms. The molecule has 1 aliphatic heterocycles. The highest BCUT2D eigenvalue weighted by Crippen LogP contribution is 2.20. The maximum atomic E-state index is 13.0. The minimum atomic E-state index is -0.282. The third kappa shape index (κ3) is 4.57. The molecule has 0 unspecified atom stereocenters. The molecule has 7 heteroatoms. The lowest BCUT2D eigenvalue weighted by molar-refractivity contribution is 0.133. The second-order valence-electron chi connectivity index (χ2n) is 6.52. The first-order valence-corrected chi connectivity index (χ1v) is 8.49. The number of carbonyl (C=O) groups is 1. The predicted molar refractivity (Wildman–Crippen MR) is 92.4 cm³/mol. The fraction of sp³-hybridized carbons (Fsp3) is 0.444. The summed E-state index contributed by atoms with van der Waals surface area (Å²) in [6.45, 7) is 7.57. The zero-order chi connectivity index (χ0) is 17.8. The summed E-state index contributed by atoms with van der Waals surface area (Å²) in [6.07, 6.45) is 1.64. The van der Waals surface area contributed by atoms with Gasteiger partial charge in [-0.1, -0.05) is 0 Å². The Kier molecular flexibility index (Phi) is 5.33. The third-order valence-corrected chi connectivity index (χ3v) is 4.10. The van der Waals surface area contributed by atoms with Crippen molar-refractivity contribution in [2.45, 2.75) is 26.4 Å². The molecule has 1 aliphatic rings. The van der Waals surface area contributed by atoms with Gasteiger partial charge in [-0.2, -0.15) is 0 Å². The van der Waals surface area contributed by atoms with Gasteiger partial charge in [-0.05, 0) is 38.1 Å². The summed E-state index contributed by atoms with van der Waals surface area (Å²) in [5.41, 5.74) is 1.59. The Morgan fingerprint density at radius 3 is 2.56 bits per heavy atom. The lowest BCUT2D eigenvalue weighted by atomic mass is 10.2. The molecule has 25 heavy (non-hydrogen) atoms. The van der Waals surface area contributed by atoms with Crippen molar-refractivity contribution in [1.82, 2.24) is 20.1 Å². The number of piperazine rings is 1. The van der Waals surface area contributed by atoms with Crippen LogP contribution in [0.25, 0.3) is 11.5 Å². The maximum absolute atomic E-state index is 13.0. The van der Waals surface area contributed by atoms with Gasteiger partial charge in [0.25, 0.3) is 0 Å². The van der Waals surface area contributed by atoms with Crippen molar-refractivity contribution in [3.8, 4) is 11.5 Å². The molecule has 0 aliphatic carbocycles. The molecule has 1 saturated heterocycles. The van der Waals surface area contributed by atoms with Crippen molar-refractivity contribution in [2.75, 3.05) is 26.2 Å². The van der Waals surface area contributed by atoms with Crippen LogP contribution in [0.5, 0.6) is 0 Å². The van der Waals surface area contributed by atoms with E-state index in [2.05, 4.69) is 15.2 Å². The van der Waals surface area contributed by atoms with E-state index in [1.165, 1.54) is 12.1 Å². The molecule has 3 rings (SSSR count). The topological polar surface area (TPSA) is 61.6 Å². The van der Waals surface area contributed by atoms with Gasteiger partial charge in [-0.3, -0.25) is 4.90 Å². The molecule has 2 heterocycles. The van der Waals surface area contributed by atoms with Crippen molar-refractivity contribution < 1.29 is 13.6 Å². The molecule has 2 aromatic rings. The quantitative estimate of drug-likeness (QED) is 0.925. The molecule has 1 fully saturated rings. The molecule has 0 radical (unpaired) electrons. The second-order valence-corrected chi connectivity index (χ2v) is 6.52. The third-order valence-electron chi connectivity index (χ3n) is 4.10. The van der Waals surface area contributed by atoms with Crippen LogP contribution in [0, 0.1) is 5.82 Å². The summed E-state index contributed by atoms with van der Waals surface area (Å²) in [5.74, 6) is 0.208. The summed E-state index contributed by atoms with van der Waals surface area (Å²) in [6, 6.07) is 6.22. The monoisotopic (exact) mass is 346 g/mol. The van der Waals surface area contributed by atoms with E-state index in [4.69, 9.17) is 4.42 Å². The van der Waals surface area contributed by atoms with Crippen molar-refractivity contribution >= 4 is 6.03 Å². The smallest absolute Gasteiger partial charge is 0.317 e. The molecule has 2 amide bonds. The van der Waals surface area contributed by atoms with Gasteiger partial charge in [0.1, 0.15) is 12.1 Å². The molecule has 1 aromatic carbocycles. The first-order chi connectivity index (χ1) is 12.0. The molecule has 6 nitrogen and oxygen atoms in total. The number of urea groups is 1. The van der Waals surface area contributed by atoms with Crippen LogP contribution in [0.3, 0.4) is 0 Å². The fourth-order valence-electron chi connectivity index (χ4n) is 2.78. The van der Waals surface area contributed by atoms with Crippen LogP contribution in [0.1, 0.15) is 19.5 Å². The molecule has 0 saturated carbocycles. The van der Waals surface area contributed by atoms with Crippen LogP contribution in [0.15, 0.2) is 34.9 Å². The van der Waals surface area contributed by atoms with Gasteiger partial charge in [-0.25, -0.2) is 14.2 Å². The first-order valence-electron chi connectivity index (χ1n) is 8.49. The van der Waals surface area contributed by atoms with Gasteiger partial charge in [0, 0.05) is 44.3 Å². The molecular weight excluding hydrogens is 323 g/mol. The van der Waals surface area contributed by atoms with E-state index in [-0.39, 0.29) is 17.9 Å². The summed E-state index contributed by atoms with van der Waals surface area (Å²) in [7, 11) is 0. The molecule has 0 bridgehead atoms. The highest BCUT2D eigenvalue weighted by atomic mass is 19.1. The van der Waals surface area contributed by atoms with Gasteiger partial charge >= 0.3 is 6.03 Å². The zero-order valence-corrected chi connectivity index (χ0v) is 14.5. The number of oxazole rings is 1. The normalized spacial score (nSPS) is 15.6. The average molecular weight is 346 g/mol. The lowest BCUT2D eigenvalue weighted by Gasteiger charge is -2.34. The van der Waals surface area contributed by atoms with E-state index in [1.807, 2.05) is 18.7 Å². The second kappa shape index (κ2) is 7.65. The number of amides is 2. The zero-order valence-electron chi connectivity index (χ0n) is 14.5. The molecule has 0 atom stereocenters. The van der Waals surface area contributed by atoms with Crippen molar-refractivity contribution in [1.29, 1.82) is 0 Å². The summed E-state index contributed by atoms with van der Waals surface area (Å²) < 4.78 is 18.5. The van der Waals surface area contributed by atoms with Crippen molar-refractivity contribution in [2.24, 2.45) is 0 Å². The Morgan fingerprint density at radius 1 is 1.24 bits per heavy atom. The van der Waals surface area contributed by atoms with Gasteiger partial charge in [0.15, 0.2) is 0 Å². The number of halogens is 1. The van der Waals surface area contributed by atoms with Crippen LogP contribution < -0.4 is 5.32 Å². The minimum absolute atomic E-state index is 0.00492. The van der Waals surface area contributed by atoms with Crippen molar-refractivity contribution in [3.05, 3.63) is 42.0 Å². The van der Waals surface area contributed by atoms with Gasteiger partial charge < -0.3 is 14.6 Å². The minimum Gasteiger partial charge on any atom is -0.444 e. The average Bonchev–Trinajstić information content (AvgIpc) is 3.04. The Hall–Kier alpha value is -2.41.